The highest BCUT2D eigenvalue weighted by atomic mass is 19.1. The number of benzene rings is 1. The summed E-state index contributed by atoms with van der Waals surface area (Å²) in [4.78, 5) is 12.4. The molecule has 0 bridgehead atoms. The molecule has 1 N–H and O–H groups in total. The first-order valence-electron chi connectivity index (χ1n) is 5.47. The van der Waals surface area contributed by atoms with Gasteiger partial charge in [0.05, 0.1) is 19.3 Å². The first kappa shape index (κ1) is 12.0. The van der Waals surface area contributed by atoms with Crippen molar-refractivity contribution in [1.29, 1.82) is 0 Å². The molecule has 1 saturated heterocycles. The molecule has 0 aliphatic carbocycles. The summed E-state index contributed by atoms with van der Waals surface area (Å²) in [5.41, 5.74) is 0.489. The Hall–Kier alpha value is -1.46. The molecule has 0 spiro atoms. The van der Waals surface area contributed by atoms with E-state index in [2.05, 4.69) is 0 Å². The van der Waals surface area contributed by atoms with Crippen molar-refractivity contribution in [2.45, 2.75) is 6.10 Å². The molecule has 1 aromatic rings. The van der Waals surface area contributed by atoms with Crippen LogP contribution in [0.1, 0.15) is 11.7 Å². The fraction of sp³-hybridized carbons (Fsp3) is 0.417. The zero-order chi connectivity index (χ0) is 12.3. The van der Waals surface area contributed by atoms with Crippen LogP contribution in [0.15, 0.2) is 24.3 Å². The third kappa shape index (κ3) is 3.01. The zero-order valence-electron chi connectivity index (χ0n) is 9.30. The maximum absolute atomic E-state index is 13.5. The molecule has 1 atom stereocenters. The van der Waals surface area contributed by atoms with Crippen LogP contribution in [0.4, 0.5) is 4.39 Å². The van der Waals surface area contributed by atoms with Crippen LogP contribution < -0.4 is 0 Å². The molecule has 0 saturated carbocycles. The Bertz CT molecular complexity index is 410. The summed E-state index contributed by atoms with van der Waals surface area (Å²) < 4.78 is 19.0. The summed E-state index contributed by atoms with van der Waals surface area (Å²) >= 11 is 0. The first-order valence-corrected chi connectivity index (χ1v) is 5.47. The number of aliphatic carboxylic acids is 1. The summed E-state index contributed by atoms with van der Waals surface area (Å²) in [5, 5.41) is 8.72. The third-order valence-electron chi connectivity index (χ3n) is 2.76. The summed E-state index contributed by atoms with van der Waals surface area (Å²) in [5.74, 6) is -1.19. The molecule has 92 valence electrons. The van der Waals surface area contributed by atoms with Crippen LogP contribution in [0.3, 0.4) is 0 Å². The minimum atomic E-state index is -0.876. The van der Waals surface area contributed by atoms with Gasteiger partial charge >= 0.3 is 5.97 Å². The topological polar surface area (TPSA) is 49.8 Å². The molecule has 1 unspecified atom stereocenters. The minimum Gasteiger partial charge on any atom is -0.480 e. The molecule has 0 amide bonds. The van der Waals surface area contributed by atoms with E-state index in [-0.39, 0.29) is 18.5 Å². The van der Waals surface area contributed by atoms with Crippen LogP contribution in [0.25, 0.3) is 0 Å². The number of hydrogen-bond acceptors (Lipinski definition) is 3. The van der Waals surface area contributed by atoms with Gasteiger partial charge in [0.1, 0.15) is 5.82 Å². The van der Waals surface area contributed by atoms with Crippen molar-refractivity contribution in [2.75, 3.05) is 26.2 Å². The van der Waals surface area contributed by atoms with Gasteiger partial charge in [-0.2, -0.15) is 0 Å². The lowest BCUT2D eigenvalue weighted by Crippen LogP contribution is -2.41. The first-order chi connectivity index (χ1) is 8.16. The van der Waals surface area contributed by atoms with Crippen LogP contribution in [-0.2, 0) is 9.53 Å². The number of carboxylic acids is 1. The maximum Gasteiger partial charge on any atom is 0.317 e. The number of carbonyl (C=O) groups is 1. The van der Waals surface area contributed by atoms with Gasteiger partial charge in [-0.3, -0.25) is 9.69 Å². The van der Waals surface area contributed by atoms with E-state index >= 15 is 0 Å². The molecular weight excluding hydrogens is 225 g/mol. The number of nitrogens with zero attached hydrogens (tertiary/aromatic N) is 1. The Morgan fingerprint density at radius 2 is 2.29 bits per heavy atom. The van der Waals surface area contributed by atoms with Crippen LogP contribution in [0, 0.1) is 5.82 Å². The van der Waals surface area contributed by atoms with Gasteiger partial charge in [-0.25, -0.2) is 4.39 Å². The second kappa shape index (κ2) is 5.25. The Kier molecular flexibility index (Phi) is 3.71. The molecule has 1 heterocycles. The normalized spacial score (nSPS) is 21.4. The van der Waals surface area contributed by atoms with Crippen molar-refractivity contribution in [3.63, 3.8) is 0 Å². The summed E-state index contributed by atoms with van der Waals surface area (Å²) in [7, 11) is 0. The molecule has 1 aliphatic heterocycles. The molecule has 2 rings (SSSR count). The summed E-state index contributed by atoms with van der Waals surface area (Å²) in [6.07, 6.45) is -0.385. The van der Waals surface area contributed by atoms with E-state index in [9.17, 15) is 9.18 Å². The number of halogens is 1. The lowest BCUT2D eigenvalue weighted by atomic mass is 10.1. The van der Waals surface area contributed by atoms with Crippen molar-refractivity contribution >= 4 is 5.97 Å². The third-order valence-corrected chi connectivity index (χ3v) is 2.76. The molecule has 17 heavy (non-hydrogen) atoms. The van der Waals surface area contributed by atoms with Gasteiger partial charge in [0.15, 0.2) is 0 Å². The van der Waals surface area contributed by atoms with E-state index in [1.54, 1.807) is 23.1 Å². The maximum atomic E-state index is 13.5. The number of rotatable bonds is 3. The summed E-state index contributed by atoms with van der Waals surface area (Å²) in [6.45, 7) is 1.37. The van der Waals surface area contributed by atoms with E-state index in [1.165, 1.54) is 6.07 Å². The lowest BCUT2D eigenvalue weighted by molar-refractivity contribution is -0.140. The largest absolute Gasteiger partial charge is 0.480 e. The quantitative estimate of drug-likeness (QED) is 0.863. The number of hydrogen-bond donors (Lipinski definition) is 1. The standard InChI is InChI=1S/C12H14FNO3/c13-10-4-2-1-3-9(10)11-7-14(5-6-17-11)8-12(15)16/h1-4,11H,5-8H2,(H,15,16). The smallest absolute Gasteiger partial charge is 0.317 e. The molecule has 0 aromatic heterocycles. The Labute approximate surface area is 98.6 Å². The zero-order valence-corrected chi connectivity index (χ0v) is 9.30. The number of morpholine rings is 1. The SMILES string of the molecule is O=C(O)CN1CCOC(c2ccccc2F)C1. The fourth-order valence-electron chi connectivity index (χ4n) is 1.96. The molecule has 1 fully saturated rings. The molecule has 0 radical (unpaired) electrons. The average molecular weight is 239 g/mol. The molecule has 1 aromatic carbocycles. The van der Waals surface area contributed by atoms with Crippen molar-refractivity contribution in [3.05, 3.63) is 35.6 Å². The van der Waals surface area contributed by atoms with Crippen LogP contribution in [0.5, 0.6) is 0 Å². The number of carboxylic acid groups (broad SMARTS) is 1. The summed E-state index contributed by atoms with van der Waals surface area (Å²) in [6, 6.07) is 6.42. The Morgan fingerprint density at radius 1 is 1.53 bits per heavy atom. The van der Waals surface area contributed by atoms with Crippen molar-refractivity contribution in [3.8, 4) is 0 Å². The monoisotopic (exact) mass is 239 g/mol. The Morgan fingerprint density at radius 3 is 3.00 bits per heavy atom. The van der Waals surface area contributed by atoms with Crippen LogP contribution in [0.2, 0.25) is 0 Å². The molecular formula is C12H14FNO3. The van der Waals surface area contributed by atoms with Gasteiger partial charge in [0.25, 0.3) is 0 Å². The van der Waals surface area contributed by atoms with Crippen molar-refractivity contribution in [1.82, 2.24) is 4.90 Å². The second-order valence-electron chi connectivity index (χ2n) is 4.01. The molecule has 5 heteroatoms. The number of ether oxygens (including phenoxy) is 1. The van der Waals surface area contributed by atoms with Gasteiger partial charge in [-0.05, 0) is 6.07 Å². The van der Waals surface area contributed by atoms with Crippen LogP contribution >= 0.6 is 0 Å². The minimum absolute atomic E-state index is 0.0334. The predicted molar refractivity (Wildman–Crippen MR) is 59.2 cm³/mol. The highest BCUT2D eigenvalue weighted by Crippen LogP contribution is 2.24. The highest BCUT2D eigenvalue weighted by molar-refractivity contribution is 5.69. The van der Waals surface area contributed by atoms with E-state index in [4.69, 9.17) is 9.84 Å². The van der Waals surface area contributed by atoms with Crippen LogP contribution in [-0.4, -0.2) is 42.2 Å². The van der Waals surface area contributed by atoms with Gasteiger partial charge in [0, 0.05) is 18.7 Å². The van der Waals surface area contributed by atoms with Crippen molar-refractivity contribution in [2.24, 2.45) is 0 Å². The second-order valence-corrected chi connectivity index (χ2v) is 4.01. The van der Waals surface area contributed by atoms with Crippen molar-refractivity contribution < 1.29 is 19.0 Å². The van der Waals surface area contributed by atoms with E-state index < -0.39 is 5.97 Å². The van der Waals surface area contributed by atoms with Gasteiger partial charge in [-0.1, -0.05) is 18.2 Å². The van der Waals surface area contributed by atoms with Gasteiger partial charge in [-0.15, -0.1) is 0 Å². The van der Waals surface area contributed by atoms with E-state index in [1.807, 2.05) is 0 Å². The molecule has 1 aliphatic rings. The van der Waals surface area contributed by atoms with E-state index in [0.717, 1.165) is 0 Å². The van der Waals surface area contributed by atoms with Gasteiger partial charge < -0.3 is 9.84 Å². The lowest BCUT2D eigenvalue weighted by Gasteiger charge is -2.32. The molecule has 4 nitrogen and oxygen atoms in total. The van der Waals surface area contributed by atoms with Gasteiger partial charge in [0.2, 0.25) is 0 Å². The average Bonchev–Trinajstić information content (AvgIpc) is 2.29. The fourth-order valence-corrected chi connectivity index (χ4v) is 1.96. The Balaban J connectivity index is 2.07. The van der Waals surface area contributed by atoms with E-state index in [0.29, 0.717) is 25.3 Å². The predicted octanol–water partition coefficient (Wildman–Crippen LogP) is 1.28. The highest BCUT2D eigenvalue weighted by Gasteiger charge is 2.24.